The molecule has 3 atom stereocenters. The van der Waals surface area contributed by atoms with Crippen molar-refractivity contribution in [2.75, 3.05) is 40.9 Å². The molecule has 0 heterocycles. The van der Waals surface area contributed by atoms with Crippen LogP contribution < -0.4 is 10.2 Å². The fraction of sp³-hybridized carbons (Fsp3) is 0.848. The van der Waals surface area contributed by atoms with Gasteiger partial charge in [-0.15, -0.1) is 0 Å². The summed E-state index contributed by atoms with van der Waals surface area (Å²) in [4.78, 5) is 40.3. The molecule has 0 aromatic carbocycles. The number of ether oxygens (including phenoxy) is 1. The van der Waals surface area contributed by atoms with Crippen LogP contribution in [0.4, 0.5) is 0 Å². The van der Waals surface area contributed by atoms with Crippen LogP contribution in [-0.2, 0) is 27.9 Å². The van der Waals surface area contributed by atoms with Gasteiger partial charge in [-0.1, -0.05) is 352 Å². The van der Waals surface area contributed by atoms with E-state index in [4.69, 9.17) is 13.8 Å². The van der Waals surface area contributed by atoms with Crippen LogP contribution in [0.25, 0.3) is 0 Å². The maximum absolute atomic E-state index is 13.6. The molecular formula is C79H149N2O7P. The minimum atomic E-state index is -4.71. The van der Waals surface area contributed by atoms with Crippen molar-refractivity contribution in [3.8, 4) is 0 Å². The number of phosphoric ester groups is 1. The topological polar surface area (TPSA) is 114 Å². The Labute approximate surface area is 553 Å². The molecule has 9 nitrogen and oxygen atoms in total. The van der Waals surface area contributed by atoms with Gasteiger partial charge in [-0.05, 0) is 76.7 Å². The highest BCUT2D eigenvalue weighted by Gasteiger charge is 2.27. The summed E-state index contributed by atoms with van der Waals surface area (Å²) in [5.74, 6) is -0.529. The number of carbonyl (C=O) groups is 2. The van der Waals surface area contributed by atoms with Crippen molar-refractivity contribution in [3.05, 3.63) is 60.8 Å². The monoisotopic (exact) mass is 1270 g/mol. The van der Waals surface area contributed by atoms with Crippen LogP contribution >= 0.6 is 7.82 Å². The third-order valence-corrected chi connectivity index (χ3v) is 18.4. The van der Waals surface area contributed by atoms with Crippen LogP contribution in [0.2, 0.25) is 0 Å². The molecule has 0 saturated heterocycles. The Bertz CT molecular complexity index is 1700. The molecule has 1 N–H and O–H groups in total. The molecule has 522 valence electrons. The number of carbonyl (C=O) groups excluding carboxylic acids is 2. The Morgan fingerprint density at radius 3 is 1.04 bits per heavy atom. The lowest BCUT2D eigenvalue weighted by atomic mass is 10.0. The first-order valence-corrected chi connectivity index (χ1v) is 40.1. The summed E-state index contributed by atoms with van der Waals surface area (Å²) in [6.07, 6.45) is 89.3. The van der Waals surface area contributed by atoms with Crippen LogP contribution in [0.5, 0.6) is 0 Å². The number of unbranched alkanes of at least 4 members (excludes halogenated alkanes) is 47. The number of amides is 1. The average molecular weight is 1270 g/mol. The molecule has 0 fully saturated rings. The predicted molar refractivity (Wildman–Crippen MR) is 385 cm³/mol. The summed E-state index contributed by atoms with van der Waals surface area (Å²) in [5.41, 5.74) is 0. The zero-order valence-electron chi connectivity index (χ0n) is 59.9. The first-order valence-electron chi connectivity index (χ1n) is 38.6. The Hall–Kier alpha value is -2.29. The van der Waals surface area contributed by atoms with Crippen LogP contribution in [-0.4, -0.2) is 69.4 Å². The van der Waals surface area contributed by atoms with E-state index in [0.29, 0.717) is 17.4 Å². The van der Waals surface area contributed by atoms with Crippen molar-refractivity contribution < 1.29 is 37.3 Å². The van der Waals surface area contributed by atoms with E-state index in [2.05, 4.69) is 74.7 Å². The van der Waals surface area contributed by atoms with Gasteiger partial charge < -0.3 is 28.5 Å². The van der Waals surface area contributed by atoms with Crippen LogP contribution in [0.15, 0.2) is 60.8 Å². The number of allylic oxidation sites excluding steroid dienone is 9. The summed E-state index contributed by atoms with van der Waals surface area (Å²) in [7, 11) is 1.20. The number of rotatable bonds is 71. The maximum atomic E-state index is 13.6. The zero-order valence-corrected chi connectivity index (χ0v) is 60.8. The maximum Gasteiger partial charge on any atom is 0.306 e. The Morgan fingerprint density at radius 2 is 0.685 bits per heavy atom. The van der Waals surface area contributed by atoms with Gasteiger partial charge in [-0.25, -0.2) is 0 Å². The van der Waals surface area contributed by atoms with Crippen molar-refractivity contribution >= 4 is 19.7 Å². The lowest BCUT2D eigenvalue weighted by Crippen LogP contribution is -2.47. The first-order chi connectivity index (χ1) is 43.4. The van der Waals surface area contributed by atoms with Gasteiger partial charge in [0.2, 0.25) is 5.91 Å². The van der Waals surface area contributed by atoms with E-state index in [1.807, 2.05) is 33.3 Å². The van der Waals surface area contributed by atoms with Crippen LogP contribution in [0.1, 0.15) is 380 Å². The van der Waals surface area contributed by atoms with Gasteiger partial charge in [0.25, 0.3) is 7.82 Å². The number of hydrogen-bond donors (Lipinski definition) is 1. The van der Waals surface area contributed by atoms with E-state index in [0.717, 1.165) is 89.9 Å². The van der Waals surface area contributed by atoms with Crippen molar-refractivity contribution in [1.29, 1.82) is 0 Å². The fourth-order valence-electron chi connectivity index (χ4n) is 11.5. The largest absolute Gasteiger partial charge is 0.756 e. The lowest BCUT2D eigenvalue weighted by Gasteiger charge is -2.30. The summed E-state index contributed by atoms with van der Waals surface area (Å²) in [6, 6.07) is -0.892. The number of hydrogen-bond acceptors (Lipinski definition) is 7. The lowest BCUT2D eigenvalue weighted by molar-refractivity contribution is -0.870. The van der Waals surface area contributed by atoms with E-state index in [1.54, 1.807) is 0 Å². The minimum Gasteiger partial charge on any atom is -0.756 e. The third kappa shape index (κ3) is 69.9. The number of esters is 1. The smallest absolute Gasteiger partial charge is 0.306 e. The van der Waals surface area contributed by atoms with Gasteiger partial charge in [-0.3, -0.25) is 14.2 Å². The first kappa shape index (κ1) is 86.7. The molecule has 0 aliphatic rings. The molecule has 0 radical (unpaired) electrons. The standard InChI is InChI=1S/C79H149N2O7P/c1-7-10-13-16-19-22-25-28-30-32-34-36-38-40-42-44-46-48-50-53-56-59-62-65-68-71-78(82)80-76(75-87-89(84,85)86-74-73-81(4,5)6)77(70-67-64-61-58-55-52-27-24-21-18-15-12-9-3)88-79(83)72-69-66-63-60-57-54-51-49-47-45-43-41-39-37-35-33-31-29-26-23-20-17-14-11-8-2/h20,23,29,31,35,37,41,43,67,70,76-77H,7-19,21-22,24-28,30,32-34,36,38-40,42,44-66,68-69,71-75H2,1-6H3,(H-,80,82,84,85)/b23-20-,31-29-,37-35-,43-41-,70-67+. The number of quaternary nitrogens is 1. The Balaban J connectivity index is 5.01. The van der Waals surface area contributed by atoms with Gasteiger partial charge in [0.05, 0.1) is 33.8 Å². The second-order valence-electron chi connectivity index (χ2n) is 27.5. The molecule has 0 saturated carbocycles. The van der Waals surface area contributed by atoms with Crippen LogP contribution in [0, 0.1) is 0 Å². The van der Waals surface area contributed by atoms with E-state index >= 15 is 0 Å². The van der Waals surface area contributed by atoms with Crippen molar-refractivity contribution in [3.63, 3.8) is 0 Å². The van der Waals surface area contributed by atoms with E-state index in [1.165, 1.54) is 257 Å². The van der Waals surface area contributed by atoms with Crippen molar-refractivity contribution in [1.82, 2.24) is 5.32 Å². The third-order valence-electron chi connectivity index (χ3n) is 17.5. The van der Waals surface area contributed by atoms with Gasteiger partial charge in [0.1, 0.15) is 19.3 Å². The molecule has 0 aromatic rings. The summed E-state index contributed by atoms with van der Waals surface area (Å²) in [5, 5.41) is 3.06. The molecule has 0 bridgehead atoms. The molecule has 0 spiro atoms. The fourth-order valence-corrected chi connectivity index (χ4v) is 12.2. The highest BCUT2D eigenvalue weighted by Crippen LogP contribution is 2.38. The number of nitrogens with one attached hydrogen (secondary N) is 1. The van der Waals surface area contributed by atoms with Crippen molar-refractivity contribution in [2.24, 2.45) is 0 Å². The zero-order chi connectivity index (χ0) is 64.9. The summed E-state index contributed by atoms with van der Waals surface area (Å²) < 4.78 is 30.5. The van der Waals surface area contributed by atoms with Crippen molar-refractivity contribution in [2.45, 2.75) is 392 Å². The Kier molecular flexibility index (Phi) is 66.8. The second kappa shape index (κ2) is 68.6. The molecule has 1 amide bonds. The normalized spacial score (nSPS) is 13.7. The molecule has 0 aliphatic heterocycles. The Morgan fingerprint density at radius 1 is 0.393 bits per heavy atom. The minimum absolute atomic E-state index is 0.0223. The average Bonchev–Trinajstić information content (AvgIpc) is 3.54. The molecule has 3 unspecified atom stereocenters. The summed E-state index contributed by atoms with van der Waals surface area (Å²) in [6.45, 7) is 6.88. The number of likely N-dealkylation sites (N-methyl/N-ethyl adjacent to an activating group) is 1. The van der Waals surface area contributed by atoms with E-state index < -0.39 is 20.0 Å². The molecule has 0 aliphatic carbocycles. The van der Waals surface area contributed by atoms with E-state index in [9.17, 15) is 19.0 Å². The van der Waals surface area contributed by atoms with Gasteiger partial charge >= 0.3 is 5.97 Å². The predicted octanol–water partition coefficient (Wildman–Crippen LogP) is 24.3. The van der Waals surface area contributed by atoms with Gasteiger partial charge in [-0.2, -0.15) is 0 Å². The van der Waals surface area contributed by atoms with E-state index in [-0.39, 0.29) is 31.5 Å². The highest BCUT2D eigenvalue weighted by atomic mass is 31.2. The van der Waals surface area contributed by atoms with Gasteiger partial charge in [0.15, 0.2) is 0 Å². The summed E-state index contributed by atoms with van der Waals surface area (Å²) >= 11 is 0. The number of nitrogens with zero attached hydrogens (tertiary/aromatic N) is 1. The quantitative estimate of drug-likeness (QED) is 0.0212. The molecule has 10 heteroatoms. The van der Waals surface area contributed by atoms with Gasteiger partial charge in [0, 0.05) is 12.8 Å². The number of phosphoric acid groups is 1. The highest BCUT2D eigenvalue weighted by molar-refractivity contribution is 7.45. The molecule has 0 aromatic heterocycles. The molecular weight excluding hydrogens is 1120 g/mol. The molecule has 0 rings (SSSR count). The second-order valence-corrected chi connectivity index (χ2v) is 28.9. The SMILES string of the molecule is CCCCC/C=C\C/C=C\C/C=C\C/C=C\CCCCCCCCCCCC(=O)OC(/C=C/CCCCCCCCCCCCC)C(COP(=O)([O-])OCC[N+](C)(C)C)NC(=O)CCCCCCCCCCCCCCCCCCCCCCCCCCC. The van der Waals surface area contributed by atoms with Crippen LogP contribution in [0.3, 0.4) is 0 Å². The molecule has 89 heavy (non-hydrogen) atoms.